The third-order valence-corrected chi connectivity index (χ3v) is 5.80. The van der Waals surface area contributed by atoms with Gasteiger partial charge in [0.2, 0.25) is 0 Å². The van der Waals surface area contributed by atoms with Gasteiger partial charge in [-0.3, -0.25) is 0 Å². The van der Waals surface area contributed by atoms with Gasteiger partial charge in [-0.25, -0.2) is 0 Å². The number of nitrogens with zero attached hydrogens (tertiary/aromatic N) is 1. The van der Waals surface area contributed by atoms with Crippen molar-refractivity contribution < 1.29 is 0 Å². The van der Waals surface area contributed by atoms with Gasteiger partial charge in [0, 0.05) is 13.1 Å². The molecular weight excluding hydrogens is 242 g/mol. The minimum atomic E-state index is 0.269. The second-order valence-corrected chi connectivity index (χ2v) is 8.73. The van der Waals surface area contributed by atoms with Crippen LogP contribution in [0.3, 0.4) is 0 Å². The Labute approximate surface area is 123 Å². The molecule has 3 aliphatic rings. The lowest BCUT2D eigenvalue weighted by Gasteiger charge is -2.41. The van der Waals surface area contributed by atoms with Gasteiger partial charge in [-0.2, -0.15) is 0 Å². The Balaban J connectivity index is 1.87. The lowest BCUT2D eigenvalue weighted by atomic mass is 9.69. The smallest absolute Gasteiger partial charge is 0.0233 e. The molecule has 1 aromatic carbocycles. The molecule has 0 amide bonds. The fourth-order valence-corrected chi connectivity index (χ4v) is 4.56. The van der Waals surface area contributed by atoms with Crippen LogP contribution in [-0.2, 0) is 18.4 Å². The van der Waals surface area contributed by atoms with Crippen molar-refractivity contribution in [2.24, 2.45) is 5.41 Å². The third-order valence-electron chi connectivity index (χ3n) is 5.80. The normalized spacial score (nSPS) is 27.5. The second-order valence-electron chi connectivity index (χ2n) is 8.73. The van der Waals surface area contributed by atoms with E-state index in [9.17, 15) is 0 Å². The summed E-state index contributed by atoms with van der Waals surface area (Å²) in [6.45, 7) is 9.47. The molecule has 4 rings (SSSR count). The van der Waals surface area contributed by atoms with Gasteiger partial charge in [-0.05, 0) is 71.7 Å². The summed E-state index contributed by atoms with van der Waals surface area (Å²) in [5, 5.41) is 0. The van der Waals surface area contributed by atoms with E-state index in [1.54, 1.807) is 16.7 Å². The van der Waals surface area contributed by atoms with Crippen LogP contribution in [0.25, 0.3) is 0 Å². The number of rotatable bonds is 0. The van der Waals surface area contributed by atoms with Crippen molar-refractivity contribution in [1.29, 1.82) is 0 Å². The van der Waals surface area contributed by atoms with E-state index in [1.165, 1.54) is 37.8 Å². The van der Waals surface area contributed by atoms with E-state index in [0.717, 1.165) is 12.5 Å². The third kappa shape index (κ3) is 1.94. The quantitative estimate of drug-likeness (QED) is 0.681. The summed E-state index contributed by atoms with van der Waals surface area (Å²) >= 11 is 0. The molecule has 1 spiro atoms. The summed E-state index contributed by atoms with van der Waals surface area (Å²) in [4.78, 5) is 2.53. The van der Waals surface area contributed by atoms with Crippen LogP contribution in [0.4, 0.5) is 0 Å². The van der Waals surface area contributed by atoms with Crippen molar-refractivity contribution in [3.05, 3.63) is 34.4 Å². The van der Waals surface area contributed by atoms with E-state index in [1.807, 2.05) is 0 Å². The second kappa shape index (κ2) is 3.88. The maximum absolute atomic E-state index is 2.55. The van der Waals surface area contributed by atoms with Gasteiger partial charge in [0.25, 0.3) is 0 Å². The van der Waals surface area contributed by atoms with Crippen molar-refractivity contribution in [2.45, 2.75) is 64.3 Å². The zero-order valence-electron chi connectivity index (χ0n) is 13.4. The molecule has 1 heterocycles. The molecule has 1 nitrogen and oxygen atoms in total. The Kier molecular flexibility index (Phi) is 2.50. The van der Waals surface area contributed by atoms with Gasteiger partial charge in [-0.15, -0.1) is 0 Å². The molecule has 1 atom stereocenters. The average molecular weight is 269 g/mol. The first-order valence-electron chi connectivity index (χ1n) is 8.21. The molecule has 1 aromatic rings. The Morgan fingerprint density at radius 1 is 1.15 bits per heavy atom. The molecule has 1 fully saturated rings. The maximum atomic E-state index is 2.55. The SMILES string of the molecule is CN1Cc2cc(C(C)(C)C)cc3c2C(C1)CC1(CC1)C3. The molecule has 1 saturated carbocycles. The Hall–Kier alpha value is -0.820. The van der Waals surface area contributed by atoms with Crippen LogP contribution in [0.5, 0.6) is 0 Å². The first kappa shape index (κ1) is 12.9. The van der Waals surface area contributed by atoms with E-state index in [4.69, 9.17) is 0 Å². The van der Waals surface area contributed by atoms with E-state index in [2.05, 4.69) is 44.9 Å². The molecule has 0 N–H and O–H groups in total. The maximum Gasteiger partial charge on any atom is 0.0233 e. The largest absolute Gasteiger partial charge is 0.301 e. The molecule has 0 radical (unpaired) electrons. The topological polar surface area (TPSA) is 3.24 Å². The molecule has 108 valence electrons. The summed E-state index contributed by atoms with van der Waals surface area (Å²) in [5.41, 5.74) is 7.58. The molecular formula is C19H27N. The van der Waals surface area contributed by atoms with Gasteiger partial charge >= 0.3 is 0 Å². The van der Waals surface area contributed by atoms with Crippen molar-refractivity contribution in [1.82, 2.24) is 4.90 Å². The van der Waals surface area contributed by atoms with Gasteiger partial charge in [-0.1, -0.05) is 32.9 Å². The van der Waals surface area contributed by atoms with Gasteiger partial charge in [0.1, 0.15) is 0 Å². The number of likely N-dealkylation sites (N-methyl/N-ethyl adjacent to an activating group) is 1. The monoisotopic (exact) mass is 269 g/mol. The summed E-state index contributed by atoms with van der Waals surface area (Å²) in [5.74, 6) is 0.809. The van der Waals surface area contributed by atoms with Gasteiger partial charge < -0.3 is 4.90 Å². The van der Waals surface area contributed by atoms with Gasteiger partial charge in [0.15, 0.2) is 0 Å². The van der Waals surface area contributed by atoms with Crippen LogP contribution >= 0.6 is 0 Å². The zero-order chi connectivity index (χ0) is 14.1. The standard InChI is InChI=1S/C19H27N/c1-18(2,3)16-7-13-9-19(5-6-19)10-15-12-20(4)11-14(8-16)17(13)15/h7-8,15H,5-6,9-12H2,1-4H3. The van der Waals surface area contributed by atoms with Crippen LogP contribution in [0.2, 0.25) is 0 Å². The predicted octanol–water partition coefficient (Wildman–Crippen LogP) is 4.24. The van der Waals surface area contributed by atoms with E-state index in [0.29, 0.717) is 5.41 Å². The fourth-order valence-electron chi connectivity index (χ4n) is 4.56. The summed E-state index contributed by atoms with van der Waals surface area (Å²) in [6.07, 6.45) is 5.76. The Morgan fingerprint density at radius 2 is 1.85 bits per heavy atom. The molecule has 1 heteroatoms. The van der Waals surface area contributed by atoms with E-state index in [-0.39, 0.29) is 5.41 Å². The van der Waals surface area contributed by atoms with E-state index < -0.39 is 0 Å². The predicted molar refractivity (Wildman–Crippen MR) is 84.2 cm³/mol. The van der Waals surface area contributed by atoms with Crippen LogP contribution in [0.1, 0.15) is 68.2 Å². The summed E-state index contributed by atoms with van der Waals surface area (Å²) < 4.78 is 0. The van der Waals surface area contributed by atoms with Crippen molar-refractivity contribution in [3.63, 3.8) is 0 Å². The van der Waals surface area contributed by atoms with Gasteiger partial charge in [0.05, 0.1) is 0 Å². The number of hydrogen-bond donors (Lipinski definition) is 0. The lowest BCUT2D eigenvalue weighted by molar-refractivity contribution is 0.239. The fraction of sp³-hybridized carbons (Fsp3) is 0.684. The summed E-state index contributed by atoms with van der Waals surface area (Å²) in [7, 11) is 2.29. The minimum Gasteiger partial charge on any atom is -0.301 e. The van der Waals surface area contributed by atoms with Crippen molar-refractivity contribution in [2.75, 3.05) is 13.6 Å². The summed E-state index contributed by atoms with van der Waals surface area (Å²) in [6, 6.07) is 5.06. The first-order valence-corrected chi connectivity index (χ1v) is 8.21. The van der Waals surface area contributed by atoms with E-state index >= 15 is 0 Å². The number of hydrogen-bond acceptors (Lipinski definition) is 1. The molecule has 1 unspecified atom stereocenters. The Bertz CT molecular complexity index is 560. The molecule has 2 aliphatic carbocycles. The average Bonchev–Trinajstić information content (AvgIpc) is 3.05. The van der Waals surface area contributed by atoms with Crippen LogP contribution < -0.4 is 0 Å². The lowest BCUT2D eigenvalue weighted by Crippen LogP contribution is -2.36. The molecule has 1 aliphatic heterocycles. The molecule has 0 bridgehead atoms. The highest BCUT2D eigenvalue weighted by Crippen LogP contribution is 2.59. The highest BCUT2D eigenvalue weighted by Gasteiger charge is 2.49. The molecule has 0 saturated heterocycles. The van der Waals surface area contributed by atoms with Crippen LogP contribution in [0, 0.1) is 5.41 Å². The number of benzene rings is 1. The Morgan fingerprint density at radius 3 is 2.50 bits per heavy atom. The molecule has 20 heavy (non-hydrogen) atoms. The molecule has 0 aromatic heterocycles. The van der Waals surface area contributed by atoms with Crippen molar-refractivity contribution >= 4 is 0 Å². The van der Waals surface area contributed by atoms with Crippen molar-refractivity contribution in [3.8, 4) is 0 Å². The van der Waals surface area contributed by atoms with Crippen LogP contribution in [0.15, 0.2) is 12.1 Å². The minimum absolute atomic E-state index is 0.269. The highest BCUT2D eigenvalue weighted by atomic mass is 15.1. The first-order chi connectivity index (χ1) is 9.36. The zero-order valence-corrected chi connectivity index (χ0v) is 13.4. The highest BCUT2D eigenvalue weighted by molar-refractivity contribution is 5.48. The van der Waals surface area contributed by atoms with Crippen LogP contribution in [-0.4, -0.2) is 18.5 Å².